The number of aryl methyl sites for hydroxylation is 1. The Hall–Kier alpha value is -3.66. The van der Waals surface area contributed by atoms with E-state index in [1.165, 1.54) is 5.01 Å². The van der Waals surface area contributed by atoms with Crippen LogP contribution in [0.4, 0.5) is 5.00 Å². The first kappa shape index (κ1) is 21.6. The number of aromatic nitrogens is 1. The lowest BCUT2D eigenvalue weighted by atomic mass is 10.0. The molecule has 0 saturated heterocycles. The molecule has 0 radical (unpaired) electrons. The molecule has 1 amide bonds. The lowest BCUT2D eigenvalue weighted by molar-refractivity contribution is -0.136. The summed E-state index contributed by atoms with van der Waals surface area (Å²) < 4.78 is 20.2. The van der Waals surface area contributed by atoms with E-state index in [0.717, 1.165) is 28.6 Å². The standard InChI is InChI=1S/C22H22N4O5S/c1-13-20(21(23-2)32-25-13)22(28)31-12-19(27)26-17(18-5-4-10-30-18)11-16(24-26)14-6-8-15(29-3)9-7-14/h4-10,17,23H,11-12H2,1-3H3/t17-/m1/s1. The highest BCUT2D eigenvalue weighted by molar-refractivity contribution is 7.10. The van der Waals surface area contributed by atoms with Crippen LogP contribution in [-0.4, -0.2) is 47.7 Å². The van der Waals surface area contributed by atoms with Crippen LogP contribution in [0, 0.1) is 6.92 Å². The van der Waals surface area contributed by atoms with Gasteiger partial charge in [-0.15, -0.1) is 0 Å². The number of carbonyl (C=O) groups is 2. The van der Waals surface area contributed by atoms with Gasteiger partial charge < -0.3 is 19.2 Å². The van der Waals surface area contributed by atoms with Crippen molar-refractivity contribution >= 4 is 34.1 Å². The molecule has 1 atom stereocenters. The van der Waals surface area contributed by atoms with Crippen LogP contribution in [0.25, 0.3) is 0 Å². The number of hydrogen-bond donors (Lipinski definition) is 1. The zero-order valence-electron chi connectivity index (χ0n) is 17.8. The molecule has 1 aliphatic heterocycles. The Morgan fingerprint density at radius 1 is 1.28 bits per heavy atom. The number of rotatable bonds is 7. The van der Waals surface area contributed by atoms with E-state index in [2.05, 4.69) is 14.8 Å². The summed E-state index contributed by atoms with van der Waals surface area (Å²) in [6.45, 7) is 1.27. The third kappa shape index (κ3) is 4.22. The molecule has 1 aliphatic rings. The van der Waals surface area contributed by atoms with Gasteiger partial charge in [0.05, 0.1) is 24.8 Å². The molecule has 1 N–H and O–H groups in total. The molecule has 32 heavy (non-hydrogen) atoms. The van der Waals surface area contributed by atoms with Gasteiger partial charge in [0, 0.05) is 13.5 Å². The summed E-state index contributed by atoms with van der Waals surface area (Å²) in [6.07, 6.45) is 2.02. The number of esters is 1. The van der Waals surface area contributed by atoms with Gasteiger partial charge in [0.1, 0.15) is 28.1 Å². The van der Waals surface area contributed by atoms with Crippen molar-refractivity contribution < 1.29 is 23.5 Å². The predicted molar refractivity (Wildman–Crippen MR) is 119 cm³/mol. The molecule has 1 aromatic carbocycles. The summed E-state index contributed by atoms with van der Waals surface area (Å²) in [4.78, 5) is 25.5. The van der Waals surface area contributed by atoms with Crippen LogP contribution in [0.3, 0.4) is 0 Å². The van der Waals surface area contributed by atoms with Crippen molar-refractivity contribution in [1.29, 1.82) is 0 Å². The van der Waals surface area contributed by atoms with Gasteiger partial charge in [-0.1, -0.05) is 0 Å². The van der Waals surface area contributed by atoms with E-state index in [4.69, 9.17) is 13.9 Å². The van der Waals surface area contributed by atoms with Crippen molar-refractivity contribution in [3.8, 4) is 5.75 Å². The fraction of sp³-hybridized carbons (Fsp3) is 0.273. The maximum atomic E-state index is 13.0. The number of hydrogen-bond acceptors (Lipinski definition) is 9. The minimum absolute atomic E-state index is 0.330. The van der Waals surface area contributed by atoms with E-state index in [9.17, 15) is 9.59 Å². The second-order valence-corrected chi connectivity index (χ2v) is 7.82. The van der Waals surface area contributed by atoms with Gasteiger partial charge in [-0.25, -0.2) is 9.80 Å². The number of hydrazone groups is 1. The number of anilines is 1. The Bertz CT molecular complexity index is 1140. The largest absolute Gasteiger partial charge is 0.497 e. The molecule has 0 aliphatic carbocycles. The van der Waals surface area contributed by atoms with E-state index in [-0.39, 0.29) is 0 Å². The minimum Gasteiger partial charge on any atom is -0.497 e. The van der Waals surface area contributed by atoms with Crippen LogP contribution in [0.2, 0.25) is 0 Å². The molecular weight excluding hydrogens is 432 g/mol. The van der Waals surface area contributed by atoms with Gasteiger partial charge in [0.25, 0.3) is 5.91 Å². The van der Waals surface area contributed by atoms with E-state index in [1.807, 2.05) is 24.3 Å². The average molecular weight is 455 g/mol. The first-order valence-corrected chi connectivity index (χ1v) is 10.7. The fourth-order valence-electron chi connectivity index (χ4n) is 3.45. The molecule has 2 aromatic heterocycles. The summed E-state index contributed by atoms with van der Waals surface area (Å²) in [7, 11) is 3.30. The number of furan rings is 1. The molecule has 0 saturated carbocycles. The highest BCUT2D eigenvalue weighted by atomic mass is 32.1. The molecule has 9 nitrogen and oxygen atoms in total. The van der Waals surface area contributed by atoms with Crippen molar-refractivity contribution in [3.63, 3.8) is 0 Å². The van der Waals surface area contributed by atoms with Gasteiger partial charge in [-0.05, 0) is 60.4 Å². The average Bonchev–Trinajstić information content (AvgIpc) is 3.56. The van der Waals surface area contributed by atoms with Crippen LogP contribution in [0.5, 0.6) is 5.75 Å². The lowest BCUT2D eigenvalue weighted by Crippen LogP contribution is -2.31. The number of amides is 1. The Morgan fingerprint density at radius 2 is 2.06 bits per heavy atom. The molecule has 0 fully saturated rings. The molecule has 4 rings (SSSR count). The van der Waals surface area contributed by atoms with Crippen molar-refractivity contribution in [2.45, 2.75) is 19.4 Å². The SMILES string of the molecule is CNc1snc(C)c1C(=O)OCC(=O)N1N=C(c2ccc(OC)cc2)C[C@@H]1c1ccco1. The zero-order valence-corrected chi connectivity index (χ0v) is 18.6. The second kappa shape index (κ2) is 9.23. The van der Waals surface area contributed by atoms with Crippen molar-refractivity contribution in [1.82, 2.24) is 9.38 Å². The lowest BCUT2D eigenvalue weighted by Gasteiger charge is -2.19. The fourth-order valence-corrected chi connectivity index (χ4v) is 4.18. The second-order valence-electron chi connectivity index (χ2n) is 7.05. The first-order valence-electron chi connectivity index (χ1n) is 9.90. The minimum atomic E-state index is -0.609. The predicted octanol–water partition coefficient (Wildman–Crippen LogP) is 3.63. The highest BCUT2D eigenvalue weighted by Gasteiger charge is 2.35. The number of nitrogens with zero attached hydrogens (tertiary/aromatic N) is 3. The number of ether oxygens (including phenoxy) is 2. The van der Waals surface area contributed by atoms with Gasteiger partial charge >= 0.3 is 5.97 Å². The maximum Gasteiger partial charge on any atom is 0.343 e. The van der Waals surface area contributed by atoms with Gasteiger partial charge in [0.2, 0.25) is 0 Å². The molecule has 3 aromatic rings. The smallest absolute Gasteiger partial charge is 0.343 e. The topological polar surface area (TPSA) is 106 Å². The van der Waals surface area contributed by atoms with Crippen LogP contribution >= 0.6 is 11.5 Å². The van der Waals surface area contributed by atoms with Gasteiger partial charge in [-0.2, -0.15) is 9.47 Å². The first-order chi connectivity index (χ1) is 15.5. The third-order valence-electron chi connectivity index (χ3n) is 5.08. The molecule has 0 unspecified atom stereocenters. The van der Waals surface area contributed by atoms with Crippen molar-refractivity contribution in [2.75, 3.05) is 26.1 Å². The highest BCUT2D eigenvalue weighted by Crippen LogP contribution is 2.33. The van der Waals surface area contributed by atoms with Crippen molar-refractivity contribution in [3.05, 3.63) is 65.2 Å². The molecule has 0 spiro atoms. The summed E-state index contributed by atoms with van der Waals surface area (Å²) >= 11 is 1.16. The summed E-state index contributed by atoms with van der Waals surface area (Å²) in [6, 6.07) is 10.6. The van der Waals surface area contributed by atoms with Crippen molar-refractivity contribution in [2.24, 2.45) is 5.10 Å². The van der Waals surface area contributed by atoms with E-state index >= 15 is 0 Å². The molecule has 10 heteroatoms. The van der Waals surface area contributed by atoms with Gasteiger partial charge in [-0.3, -0.25) is 4.79 Å². The molecule has 0 bridgehead atoms. The van der Waals surface area contributed by atoms with Crippen LogP contribution < -0.4 is 10.1 Å². The number of methoxy groups -OCH3 is 1. The van der Waals surface area contributed by atoms with Crippen LogP contribution in [0.1, 0.15) is 39.8 Å². The Kier molecular flexibility index (Phi) is 6.22. The Labute approximate surface area is 188 Å². The third-order valence-corrected chi connectivity index (χ3v) is 6.04. The van der Waals surface area contributed by atoms with E-state index in [1.54, 1.807) is 39.5 Å². The molecule has 166 valence electrons. The zero-order chi connectivity index (χ0) is 22.7. The summed E-state index contributed by atoms with van der Waals surface area (Å²) in [5.74, 6) is 0.276. The Balaban J connectivity index is 1.52. The maximum absolute atomic E-state index is 13.0. The number of nitrogens with one attached hydrogen (secondary N) is 1. The van der Waals surface area contributed by atoms with Crippen LogP contribution in [-0.2, 0) is 9.53 Å². The summed E-state index contributed by atoms with van der Waals surface area (Å²) in [5, 5.41) is 9.36. The number of carbonyl (C=O) groups excluding carboxylic acids is 2. The Morgan fingerprint density at radius 3 is 2.72 bits per heavy atom. The number of benzene rings is 1. The normalized spacial score (nSPS) is 15.4. The van der Waals surface area contributed by atoms with E-state index < -0.39 is 24.5 Å². The van der Waals surface area contributed by atoms with Crippen LogP contribution in [0.15, 0.2) is 52.2 Å². The van der Waals surface area contributed by atoms with E-state index in [0.29, 0.717) is 28.4 Å². The molecular formula is C22H22N4O5S. The quantitative estimate of drug-likeness (QED) is 0.543. The van der Waals surface area contributed by atoms with Gasteiger partial charge in [0.15, 0.2) is 6.61 Å². The summed E-state index contributed by atoms with van der Waals surface area (Å²) in [5.41, 5.74) is 2.47. The monoisotopic (exact) mass is 454 g/mol. The molecule has 3 heterocycles.